The van der Waals surface area contributed by atoms with Crippen LogP contribution < -0.4 is 10.6 Å². The maximum absolute atomic E-state index is 11.2. The van der Waals surface area contributed by atoms with Gasteiger partial charge in [0.2, 0.25) is 0 Å². The molecule has 0 bridgehead atoms. The van der Waals surface area contributed by atoms with Crippen molar-refractivity contribution in [1.29, 1.82) is 5.26 Å². The summed E-state index contributed by atoms with van der Waals surface area (Å²) in [6.07, 6.45) is 4.08. The lowest BCUT2D eigenvalue weighted by Crippen LogP contribution is -2.24. The molecule has 0 saturated heterocycles. The van der Waals surface area contributed by atoms with Gasteiger partial charge in [-0.1, -0.05) is 19.8 Å². The SMILES string of the molecule is CCCCCc1nsc(NC(=O)NC)c1C#N. The standard InChI is InChI=1S/C11H16N4OS/c1-3-4-5-6-9-8(7-12)10(17-15-9)14-11(16)13-2/h3-6H2,1-2H3,(H2,13,14,16). The molecule has 2 N–H and O–H groups in total. The van der Waals surface area contributed by atoms with Crippen LogP contribution in [0.2, 0.25) is 0 Å². The number of nitriles is 1. The number of urea groups is 1. The van der Waals surface area contributed by atoms with E-state index < -0.39 is 0 Å². The number of hydrogen-bond donors (Lipinski definition) is 2. The molecule has 0 fully saturated rings. The molecule has 0 saturated carbocycles. The fraction of sp³-hybridized carbons (Fsp3) is 0.545. The van der Waals surface area contributed by atoms with E-state index >= 15 is 0 Å². The number of nitrogens with zero attached hydrogens (tertiary/aromatic N) is 2. The molecule has 1 aromatic rings. The molecule has 0 aliphatic carbocycles. The first-order chi connectivity index (χ1) is 8.22. The quantitative estimate of drug-likeness (QED) is 0.790. The fourth-order valence-corrected chi connectivity index (χ4v) is 2.18. The van der Waals surface area contributed by atoms with Gasteiger partial charge >= 0.3 is 6.03 Å². The summed E-state index contributed by atoms with van der Waals surface area (Å²) in [6.45, 7) is 2.13. The van der Waals surface area contributed by atoms with Crippen LogP contribution in [0.4, 0.5) is 9.80 Å². The van der Waals surface area contributed by atoms with Crippen molar-refractivity contribution in [2.45, 2.75) is 32.6 Å². The first-order valence-corrected chi connectivity index (χ1v) is 6.37. The van der Waals surface area contributed by atoms with E-state index in [1.807, 2.05) is 0 Å². The Hall–Kier alpha value is -1.61. The zero-order valence-corrected chi connectivity index (χ0v) is 10.9. The molecule has 5 nitrogen and oxygen atoms in total. The lowest BCUT2D eigenvalue weighted by atomic mass is 10.1. The molecule has 0 radical (unpaired) electrons. The Morgan fingerprint density at radius 1 is 1.53 bits per heavy atom. The summed E-state index contributed by atoms with van der Waals surface area (Å²) in [5.41, 5.74) is 1.28. The van der Waals surface area contributed by atoms with Gasteiger partial charge in [0.05, 0.1) is 5.69 Å². The molecule has 1 heterocycles. The molecule has 0 aliphatic rings. The molecular weight excluding hydrogens is 236 g/mol. The van der Waals surface area contributed by atoms with Gasteiger partial charge in [0.25, 0.3) is 0 Å². The first kappa shape index (κ1) is 13.5. The highest BCUT2D eigenvalue weighted by atomic mass is 32.1. The lowest BCUT2D eigenvalue weighted by Gasteiger charge is -2.01. The maximum atomic E-state index is 11.2. The van der Waals surface area contributed by atoms with Crippen molar-refractivity contribution < 1.29 is 4.79 Å². The normalized spacial score (nSPS) is 9.71. The highest BCUT2D eigenvalue weighted by Crippen LogP contribution is 2.25. The van der Waals surface area contributed by atoms with Crippen LogP contribution in [0.1, 0.15) is 37.4 Å². The van der Waals surface area contributed by atoms with Crippen molar-refractivity contribution in [3.63, 3.8) is 0 Å². The number of aromatic nitrogens is 1. The van der Waals surface area contributed by atoms with E-state index in [9.17, 15) is 4.79 Å². The van der Waals surface area contributed by atoms with Gasteiger partial charge in [-0.15, -0.1) is 0 Å². The molecular formula is C11H16N4OS. The van der Waals surface area contributed by atoms with E-state index in [4.69, 9.17) is 5.26 Å². The molecule has 0 unspecified atom stereocenters. The van der Waals surface area contributed by atoms with Crippen LogP contribution in [-0.2, 0) is 6.42 Å². The number of nitrogens with one attached hydrogen (secondary N) is 2. The number of rotatable bonds is 5. The van der Waals surface area contributed by atoms with Crippen molar-refractivity contribution in [2.24, 2.45) is 0 Å². The Kier molecular flexibility index (Phi) is 5.43. The first-order valence-electron chi connectivity index (χ1n) is 5.60. The minimum absolute atomic E-state index is 0.328. The van der Waals surface area contributed by atoms with E-state index in [0.29, 0.717) is 10.6 Å². The number of amides is 2. The Morgan fingerprint density at radius 3 is 2.88 bits per heavy atom. The van der Waals surface area contributed by atoms with Gasteiger partial charge in [-0.3, -0.25) is 5.32 Å². The highest BCUT2D eigenvalue weighted by molar-refractivity contribution is 7.10. The third-order valence-corrected chi connectivity index (χ3v) is 3.15. The number of unbranched alkanes of at least 4 members (excludes halogenated alkanes) is 2. The van der Waals surface area contributed by atoms with E-state index in [0.717, 1.165) is 42.9 Å². The number of anilines is 1. The van der Waals surface area contributed by atoms with Gasteiger partial charge < -0.3 is 5.32 Å². The van der Waals surface area contributed by atoms with Crippen molar-refractivity contribution in [2.75, 3.05) is 12.4 Å². The molecule has 0 atom stereocenters. The van der Waals surface area contributed by atoms with Crippen LogP contribution in [0.5, 0.6) is 0 Å². The Labute approximate surface area is 105 Å². The van der Waals surface area contributed by atoms with Crippen LogP contribution in [-0.4, -0.2) is 17.5 Å². The average Bonchev–Trinajstić information content (AvgIpc) is 2.71. The maximum Gasteiger partial charge on any atom is 0.319 e. The molecule has 17 heavy (non-hydrogen) atoms. The number of carbonyl (C=O) groups excluding carboxylic acids is 1. The zero-order valence-electron chi connectivity index (χ0n) is 10.0. The Bertz CT molecular complexity index is 422. The van der Waals surface area contributed by atoms with Crippen LogP contribution in [0, 0.1) is 11.3 Å². The van der Waals surface area contributed by atoms with Crippen LogP contribution in [0.25, 0.3) is 0 Å². The molecule has 6 heteroatoms. The summed E-state index contributed by atoms with van der Waals surface area (Å²) in [4.78, 5) is 11.2. The van der Waals surface area contributed by atoms with E-state index in [1.165, 1.54) is 7.05 Å². The second-order valence-electron chi connectivity index (χ2n) is 3.61. The van der Waals surface area contributed by atoms with E-state index in [-0.39, 0.29) is 6.03 Å². The third-order valence-electron chi connectivity index (χ3n) is 2.35. The molecule has 0 aromatic carbocycles. The topological polar surface area (TPSA) is 77.8 Å². The Balaban J connectivity index is 2.74. The van der Waals surface area contributed by atoms with Crippen molar-refractivity contribution >= 4 is 22.6 Å². The van der Waals surface area contributed by atoms with E-state index in [2.05, 4.69) is 28.0 Å². The molecule has 1 rings (SSSR count). The average molecular weight is 252 g/mol. The fourth-order valence-electron chi connectivity index (χ4n) is 1.40. The minimum atomic E-state index is -0.328. The molecule has 0 spiro atoms. The predicted molar refractivity (Wildman–Crippen MR) is 68.1 cm³/mol. The van der Waals surface area contributed by atoms with Gasteiger partial charge in [-0.05, 0) is 24.4 Å². The van der Waals surface area contributed by atoms with E-state index in [1.54, 1.807) is 0 Å². The van der Waals surface area contributed by atoms with Crippen molar-refractivity contribution in [3.8, 4) is 6.07 Å². The van der Waals surface area contributed by atoms with Crippen LogP contribution in [0.3, 0.4) is 0 Å². The van der Waals surface area contributed by atoms with Crippen molar-refractivity contribution in [1.82, 2.24) is 9.69 Å². The third kappa shape index (κ3) is 3.71. The molecule has 92 valence electrons. The molecule has 0 aliphatic heterocycles. The summed E-state index contributed by atoms with van der Waals surface area (Å²) < 4.78 is 4.22. The summed E-state index contributed by atoms with van der Waals surface area (Å²) in [7, 11) is 1.53. The van der Waals surface area contributed by atoms with Gasteiger partial charge in [0, 0.05) is 7.05 Å². The zero-order chi connectivity index (χ0) is 12.7. The lowest BCUT2D eigenvalue weighted by molar-refractivity contribution is 0.254. The van der Waals surface area contributed by atoms with Gasteiger partial charge in [-0.2, -0.15) is 9.64 Å². The van der Waals surface area contributed by atoms with Crippen molar-refractivity contribution in [3.05, 3.63) is 11.3 Å². The summed E-state index contributed by atoms with van der Waals surface area (Å²) >= 11 is 1.16. The smallest absolute Gasteiger partial charge is 0.319 e. The van der Waals surface area contributed by atoms with Crippen LogP contribution >= 0.6 is 11.5 Å². The molecule has 1 aromatic heterocycles. The number of aryl methyl sites for hydroxylation is 1. The predicted octanol–water partition coefficient (Wildman–Crippen LogP) is 2.50. The second-order valence-corrected chi connectivity index (χ2v) is 4.38. The molecule has 2 amide bonds. The highest BCUT2D eigenvalue weighted by Gasteiger charge is 2.14. The van der Waals surface area contributed by atoms with Gasteiger partial charge in [0.1, 0.15) is 16.6 Å². The summed E-state index contributed by atoms with van der Waals surface area (Å²) in [5.74, 6) is 0. The van der Waals surface area contributed by atoms with Gasteiger partial charge in [-0.25, -0.2) is 4.79 Å². The second kappa shape index (κ2) is 6.86. The Morgan fingerprint density at radius 2 is 2.29 bits per heavy atom. The number of carbonyl (C=O) groups is 1. The monoisotopic (exact) mass is 252 g/mol. The van der Waals surface area contributed by atoms with Gasteiger partial charge in [0.15, 0.2) is 0 Å². The van der Waals surface area contributed by atoms with Crippen LogP contribution in [0.15, 0.2) is 0 Å². The summed E-state index contributed by atoms with van der Waals surface area (Å²) in [5, 5.41) is 14.7. The minimum Gasteiger partial charge on any atom is -0.341 e. The largest absolute Gasteiger partial charge is 0.341 e. The summed E-state index contributed by atoms with van der Waals surface area (Å²) in [6, 6.07) is 1.78. The number of hydrogen-bond acceptors (Lipinski definition) is 4.